The Balaban J connectivity index is 2.34. The molecule has 0 bridgehead atoms. The van der Waals surface area contributed by atoms with Crippen LogP contribution in [-0.2, 0) is 11.0 Å². The molecule has 0 saturated heterocycles. The number of rotatable bonds is 4. The van der Waals surface area contributed by atoms with Gasteiger partial charge in [-0.15, -0.1) is 0 Å². The van der Waals surface area contributed by atoms with Gasteiger partial charge in [-0.25, -0.2) is 8.70 Å². The smallest absolute Gasteiger partial charge is 0.101 e. The van der Waals surface area contributed by atoms with Gasteiger partial charge in [-0.2, -0.15) is 0 Å². The molecule has 0 spiro atoms. The van der Waals surface area contributed by atoms with Crippen LogP contribution in [0, 0.1) is 0 Å². The molecule has 106 valence electrons. The molecule has 4 heteroatoms. The quantitative estimate of drug-likeness (QED) is 0.864. The molecule has 2 nitrogen and oxygen atoms in total. The Morgan fingerprint density at radius 2 is 1.25 bits per heavy atom. The minimum Gasteiger partial charge on any atom is -0.242 e. The molecule has 2 rings (SSSR count). The highest BCUT2D eigenvalue weighted by Crippen LogP contribution is 2.30. The van der Waals surface area contributed by atoms with E-state index in [4.69, 9.17) is 0 Å². The van der Waals surface area contributed by atoms with Crippen molar-refractivity contribution in [2.75, 3.05) is 0 Å². The standard InChI is InChI=1S/C16H20NOPS/c1-16(2,3)20(18)17-19(14-10-6-4-7-11-14)15-12-8-5-9-13-15/h4-13,17H,1-3H3/t20-/m1/s1. The summed E-state index contributed by atoms with van der Waals surface area (Å²) in [5, 5.41) is 2.37. The Morgan fingerprint density at radius 1 is 0.850 bits per heavy atom. The first-order valence-corrected chi connectivity index (χ1v) is 9.06. The van der Waals surface area contributed by atoms with Gasteiger partial charge in [0.2, 0.25) is 0 Å². The molecule has 1 N–H and O–H groups in total. The Morgan fingerprint density at radius 3 is 1.60 bits per heavy atom. The summed E-state index contributed by atoms with van der Waals surface area (Å²) in [6, 6.07) is 20.5. The summed E-state index contributed by atoms with van der Waals surface area (Å²) in [6.45, 7) is 5.96. The lowest BCUT2D eigenvalue weighted by molar-refractivity contribution is 0.647. The van der Waals surface area contributed by atoms with E-state index in [1.165, 1.54) is 10.6 Å². The number of benzene rings is 2. The lowest BCUT2D eigenvalue weighted by Gasteiger charge is -2.24. The van der Waals surface area contributed by atoms with Crippen molar-refractivity contribution in [2.45, 2.75) is 25.5 Å². The second kappa shape index (κ2) is 6.62. The Labute approximate surface area is 125 Å². The van der Waals surface area contributed by atoms with Crippen molar-refractivity contribution in [1.29, 1.82) is 0 Å². The molecule has 0 saturated carbocycles. The van der Waals surface area contributed by atoms with E-state index in [1.54, 1.807) is 0 Å². The normalized spacial score (nSPS) is 13.4. The van der Waals surface area contributed by atoms with Gasteiger partial charge in [0.05, 0.1) is 4.75 Å². The van der Waals surface area contributed by atoms with Crippen LogP contribution in [0.1, 0.15) is 20.8 Å². The summed E-state index contributed by atoms with van der Waals surface area (Å²) in [5.74, 6) is 0. The third kappa shape index (κ3) is 3.99. The molecule has 2 aromatic rings. The topological polar surface area (TPSA) is 29.1 Å². The summed E-state index contributed by atoms with van der Waals surface area (Å²) < 4.78 is 15.5. The van der Waals surface area contributed by atoms with Crippen LogP contribution in [0.5, 0.6) is 0 Å². The molecule has 2 aromatic carbocycles. The van der Waals surface area contributed by atoms with Gasteiger partial charge >= 0.3 is 0 Å². The van der Waals surface area contributed by atoms with Gasteiger partial charge in [-0.3, -0.25) is 0 Å². The number of hydrogen-bond donors (Lipinski definition) is 1. The molecule has 0 radical (unpaired) electrons. The molecule has 0 aliphatic carbocycles. The lowest BCUT2D eigenvalue weighted by Crippen LogP contribution is -2.34. The molecule has 0 fully saturated rings. The summed E-state index contributed by atoms with van der Waals surface area (Å²) in [6.07, 6.45) is 0. The largest absolute Gasteiger partial charge is 0.242 e. The van der Waals surface area contributed by atoms with Crippen molar-refractivity contribution in [1.82, 2.24) is 4.49 Å². The van der Waals surface area contributed by atoms with Gasteiger partial charge in [-0.05, 0) is 31.4 Å². The van der Waals surface area contributed by atoms with Crippen molar-refractivity contribution < 1.29 is 4.21 Å². The van der Waals surface area contributed by atoms with Gasteiger partial charge in [-0.1, -0.05) is 60.7 Å². The van der Waals surface area contributed by atoms with Gasteiger partial charge in [0.25, 0.3) is 0 Å². The second-order valence-corrected chi connectivity index (χ2v) is 9.68. The second-order valence-electron chi connectivity index (χ2n) is 5.48. The first-order chi connectivity index (χ1) is 9.48. The zero-order valence-electron chi connectivity index (χ0n) is 12.0. The average Bonchev–Trinajstić information content (AvgIpc) is 2.45. The SMILES string of the molecule is CC(C)(C)[S@@](=O)NP(c1ccccc1)c1ccccc1. The zero-order valence-corrected chi connectivity index (χ0v) is 13.7. The average molecular weight is 305 g/mol. The van der Waals surface area contributed by atoms with E-state index in [1.807, 2.05) is 57.2 Å². The highest BCUT2D eigenvalue weighted by atomic mass is 32.2. The van der Waals surface area contributed by atoms with E-state index < -0.39 is 19.1 Å². The van der Waals surface area contributed by atoms with E-state index in [0.29, 0.717) is 0 Å². The highest BCUT2D eigenvalue weighted by molar-refractivity contribution is 7.93. The van der Waals surface area contributed by atoms with E-state index in [0.717, 1.165) is 0 Å². The fourth-order valence-corrected chi connectivity index (χ4v) is 5.47. The number of nitrogens with one attached hydrogen (secondary N) is 1. The summed E-state index contributed by atoms with van der Waals surface area (Å²) in [7, 11) is -1.89. The monoisotopic (exact) mass is 305 g/mol. The molecule has 0 amide bonds. The van der Waals surface area contributed by atoms with Crippen molar-refractivity contribution in [2.24, 2.45) is 0 Å². The Bertz CT molecular complexity index is 527. The molecule has 1 atom stereocenters. The van der Waals surface area contributed by atoms with E-state index in [-0.39, 0.29) is 4.75 Å². The maximum Gasteiger partial charge on any atom is 0.101 e. The predicted octanol–water partition coefficient (Wildman–Crippen LogP) is 3.09. The minimum absolute atomic E-state index is 0.274. The lowest BCUT2D eigenvalue weighted by atomic mass is 10.3. The third-order valence-corrected chi connectivity index (χ3v) is 6.89. The van der Waals surface area contributed by atoms with Crippen LogP contribution in [0.4, 0.5) is 0 Å². The van der Waals surface area contributed by atoms with Crippen LogP contribution in [0.25, 0.3) is 0 Å². The molecule has 0 unspecified atom stereocenters. The fraction of sp³-hybridized carbons (Fsp3) is 0.250. The predicted molar refractivity (Wildman–Crippen MR) is 90.1 cm³/mol. The van der Waals surface area contributed by atoms with Crippen LogP contribution >= 0.6 is 8.07 Å². The molecule has 0 heterocycles. The van der Waals surface area contributed by atoms with Gasteiger partial charge in [0, 0.05) is 8.07 Å². The summed E-state index contributed by atoms with van der Waals surface area (Å²) in [5.41, 5.74) is 0. The Hall–Kier alpha value is -1.02. The van der Waals surface area contributed by atoms with E-state index >= 15 is 0 Å². The summed E-state index contributed by atoms with van der Waals surface area (Å²) in [4.78, 5) is 0. The van der Waals surface area contributed by atoms with Crippen molar-refractivity contribution >= 4 is 29.7 Å². The van der Waals surface area contributed by atoms with Crippen LogP contribution in [0.3, 0.4) is 0 Å². The van der Waals surface area contributed by atoms with Crippen LogP contribution in [0.15, 0.2) is 60.7 Å². The van der Waals surface area contributed by atoms with Crippen molar-refractivity contribution in [3.63, 3.8) is 0 Å². The molecular weight excluding hydrogens is 285 g/mol. The van der Waals surface area contributed by atoms with Crippen LogP contribution < -0.4 is 15.1 Å². The molecular formula is C16H20NOPS. The van der Waals surface area contributed by atoms with Crippen LogP contribution in [-0.4, -0.2) is 8.96 Å². The maximum absolute atomic E-state index is 12.4. The van der Waals surface area contributed by atoms with Gasteiger partial charge in [0.1, 0.15) is 11.0 Å². The molecule has 0 aromatic heterocycles. The third-order valence-electron chi connectivity index (χ3n) is 2.76. The zero-order chi connectivity index (χ0) is 14.6. The first-order valence-electron chi connectivity index (χ1n) is 6.57. The minimum atomic E-state index is -1.09. The van der Waals surface area contributed by atoms with Gasteiger partial charge < -0.3 is 0 Å². The highest BCUT2D eigenvalue weighted by Gasteiger charge is 2.24. The molecule has 0 aliphatic heterocycles. The van der Waals surface area contributed by atoms with Crippen molar-refractivity contribution in [3.8, 4) is 0 Å². The maximum atomic E-state index is 12.4. The van der Waals surface area contributed by atoms with E-state index in [2.05, 4.69) is 28.8 Å². The molecule has 20 heavy (non-hydrogen) atoms. The van der Waals surface area contributed by atoms with Crippen LogP contribution in [0.2, 0.25) is 0 Å². The summed E-state index contributed by atoms with van der Waals surface area (Å²) >= 11 is 0. The first kappa shape index (κ1) is 15.4. The molecule has 0 aliphatic rings. The fourth-order valence-electron chi connectivity index (χ4n) is 1.63. The van der Waals surface area contributed by atoms with Crippen molar-refractivity contribution in [3.05, 3.63) is 60.7 Å². The van der Waals surface area contributed by atoms with E-state index in [9.17, 15) is 4.21 Å². The van der Waals surface area contributed by atoms with Gasteiger partial charge in [0.15, 0.2) is 0 Å². The number of hydrogen-bond acceptors (Lipinski definition) is 1. The Kier molecular flexibility index (Phi) is 5.09.